The van der Waals surface area contributed by atoms with Gasteiger partial charge in [-0.25, -0.2) is 0 Å². The lowest BCUT2D eigenvalue weighted by Gasteiger charge is -2.12. The first-order valence-corrected chi connectivity index (χ1v) is 6.59. The lowest BCUT2D eigenvalue weighted by atomic mass is 9.98. The third kappa shape index (κ3) is 2.36. The summed E-state index contributed by atoms with van der Waals surface area (Å²) in [5, 5.41) is 17.6. The Kier molecular flexibility index (Phi) is 3.35. The summed E-state index contributed by atoms with van der Waals surface area (Å²) < 4.78 is 0. The molecule has 0 aliphatic heterocycles. The van der Waals surface area contributed by atoms with Crippen LogP contribution in [0.1, 0.15) is 22.8 Å². The molecule has 100 valence electrons. The van der Waals surface area contributed by atoms with Gasteiger partial charge in [-0.15, -0.1) is 0 Å². The van der Waals surface area contributed by atoms with Crippen LogP contribution in [0.25, 0.3) is 11.3 Å². The maximum atomic E-state index is 10.6. The van der Waals surface area contributed by atoms with E-state index in [2.05, 4.69) is 10.2 Å². The molecular weight excluding hydrogens is 248 g/mol. The fourth-order valence-electron chi connectivity index (χ4n) is 2.27. The van der Waals surface area contributed by atoms with E-state index < -0.39 is 6.10 Å². The van der Waals surface area contributed by atoms with Crippen LogP contribution in [0.5, 0.6) is 0 Å². The Morgan fingerprint density at radius 2 is 1.70 bits per heavy atom. The molecule has 0 radical (unpaired) electrons. The van der Waals surface area contributed by atoms with Crippen LogP contribution in [0.15, 0.2) is 60.8 Å². The van der Waals surface area contributed by atoms with Gasteiger partial charge in [0.1, 0.15) is 6.10 Å². The predicted molar refractivity (Wildman–Crippen MR) is 79.3 cm³/mol. The van der Waals surface area contributed by atoms with Crippen molar-refractivity contribution in [2.24, 2.45) is 0 Å². The van der Waals surface area contributed by atoms with E-state index in [1.807, 2.05) is 61.5 Å². The van der Waals surface area contributed by atoms with Crippen LogP contribution < -0.4 is 0 Å². The molecule has 0 amide bonds. The van der Waals surface area contributed by atoms with Gasteiger partial charge in [0.2, 0.25) is 0 Å². The van der Waals surface area contributed by atoms with Crippen molar-refractivity contribution in [1.82, 2.24) is 10.2 Å². The van der Waals surface area contributed by atoms with Crippen molar-refractivity contribution >= 4 is 0 Å². The molecule has 3 nitrogen and oxygen atoms in total. The van der Waals surface area contributed by atoms with Crippen LogP contribution in [0.2, 0.25) is 0 Å². The first-order valence-electron chi connectivity index (χ1n) is 6.59. The summed E-state index contributed by atoms with van der Waals surface area (Å²) in [7, 11) is 0. The largest absolute Gasteiger partial charge is 0.384 e. The molecule has 0 saturated carbocycles. The third-order valence-electron chi connectivity index (χ3n) is 3.42. The van der Waals surface area contributed by atoms with Crippen molar-refractivity contribution in [3.63, 3.8) is 0 Å². The van der Waals surface area contributed by atoms with Gasteiger partial charge in [0.05, 0.1) is 11.9 Å². The maximum absolute atomic E-state index is 10.6. The average Bonchev–Trinajstić information content (AvgIpc) is 2.97. The van der Waals surface area contributed by atoms with E-state index in [1.165, 1.54) is 5.56 Å². The zero-order valence-electron chi connectivity index (χ0n) is 11.2. The summed E-state index contributed by atoms with van der Waals surface area (Å²) in [6, 6.07) is 17.8. The minimum Gasteiger partial charge on any atom is -0.384 e. The van der Waals surface area contributed by atoms with Gasteiger partial charge in [-0.3, -0.25) is 5.10 Å². The molecule has 1 aromatic heterocycles. The molecule has 2 N–H and O–H groups in total. The maximum Gasteiger partial charge on any atom is 0.108 e. The number of rotatable bonds is 3. The summed E-state index contributed by atoms with van der Waals surface area (Å²) in [6.07, 6.45) is 1.01. The Bertz CT molecular complexity index is 687. The van der Waals surface area contributed by atoms with Crippen LogP contribution in [-0.2, 0) is 0 Å². The first kappa shape index (κ1) is 12.6. The molecule has 1 atom stereocenters. The summed E-state index contributed by atoms with van der Waals surface area (Å²) in [5.41, 5.74) is 4.72. The number of aromatic nitrogens is 2. The second-order valence-corrected chi connectivity index (χ2v) is 4.88. The minimum absolute atomic E-state index is 0.676. The molecule has 1 heterocycles. The number of aryl methyl sites for hydroxylation is 1. The molecule has 3 rings (SSSR count). The number of aliphatic hydroxyl groups is 1. The Labute approximate surface area is 117 Å². The lowest BCUT2D eigenvalue weighted by molar-refractivity contribution is 0.221. The van der Waals surface area contributed by atoms with Gasteiger partial charge < -0.3 is 5.11 Å². The molecule has 3 aromatic rings. The number of nitrogens with one attached hydrogen (secondary N) is 1. The molecular formula is C17H16N2O. The van der Waals surface area contributed by atoms with E-state index in [9.17, 15) is 5.11 Å². The number of aliphatic hydroxyl groups excluding tert-OH is 1. The standard InChI is InChI=1S/C17H16N2O/c1-12-7-9-14(10-8-12)17(20)15-11-18-19-16(15)13-5-3-2-4-6-13/h2-11,17,20H,1H3,(H,18,19). The normalized spacial score (nSPS) is 12.3. The van der Waals surface area contributed by atoms with Crippen molar-refractivity contribution in [3.8, 4) is 11.3 Å². The number of nitrogens with zero attached hydrogens (tertiary/aromatic N) is 1. The minimum atomic E-state index is -0.676. The molecule has 0 saturated heterocycles. The number of hydrogen-bond acceptors (Lipinski definition) is 2. The van der Waals surface area contributed by atoms with E-state index in [1.54, 1.807) is 6.20 Å². The molecule has 3 heteroatoms. The molecule has 2 aromatic carbocycles. The van der Waals surface area contributed by atoms with E-state index in [4.69, 9.17) is 0 Å². The van der Waals surface area contributed by atoms with E-state index >= 15 is 0 Å². The zero-order valence-corrected chi connectivity index (χ0v) is 11.2. The predicted octanol–water partition coefficient (Wildman–Crippen LogP) is 3.47. The highest BCUT2D eigenvalue weighted by Gasteiger charge is 2.17. The molecule has 0 bridgehead atoms. The van der Waals surface area contributed by atoms with Crippen LogP contribution >= 0.6 is 0 Å². The van der Waals surface area contributed by atoms with Crippen LogP contribution in [0.4, 0.5) is 0 Å². The van der Waals surface area contributed by atoms with Gasteiger partial charge in [0, 0.05) is 5.56 Å². The van der Waals surface area contributed by atoms with Crippen molar-refractivity contribution in [3.05, 3.63) is 77.5 Å². The number of aromatic amines is 1. The smallest absolute Gasteiger partial charge is 0.108 e. The third-order valence-corrected chi connectivity index (χ3v) is 3.42. The number of hydrogen-bond donors (Lipinski definition) is 2. The second kappa shape index (κ2) is 5.31. The molecule has 20 heavy (non-hydrogen) atoms. The van der Waals surface area contributed by atoms with Gasteiger partial charge in [-0.1, -0.05) is 60.2 Å². The highest BCUT2D eigenvalue weighted by molar-refractivity contribution is 5.63. The van der Waals surface area contributed by atoms with Crippen molar-refractivity contribution in [2.75, 3.05) is 0 Å². The monoisotopic (exact) mass is 264 g/mol. The molecule has 0 aliphatic carbocycles. The van der Waals surface area contributed by atoms with E-state index in [-0.39, 0.29) is 0 Å². The van der Waals surface area contributed by atoms with Crippen molar-refractivity contribution in [2.45, 2.75) is 13.0 Å². The van der Waals surface area contributed by atoms with Gasteiger partial charge in [-0.05, 0) is 18.1 Å². The summed E-state index contributed by atoms with van der Waals surface area (Å²) in [4.78, 5) is 0. The highest BCUT2D eigenvalue weighted by atomic mass is 16.3. The van der Waals surface area contributed by atoms with E-state index in [0.717, 1.165) is 22.4 Å². The van der Waals surface area contributed by atoms with Gasteiger partial charge >= 0.3 is 0 Å². The van der Waals surface area contributed by atoms with Gasteiger partial charge in [0.25, 0.3) is 0 Å². The molecule has 0 aliphatic rings. The summed E-state index contributed by atoms with van der Waals surface area (Å²) in [6.45, 7) is 2.03. The summed E-state index contributed by atoms with van der Waals surface area (Å²) >= 11 is 0. The fraction of sp³-hybridized carbons (Fsp3) is 0.118. The highest BCUT2D eigenvalue weighted by Crippen LogP contribution is 2.29. The quantitative estimate of drug-likeness (QED) is 0.761. The zero-order chi connectivity index (χ0) is 13.9. The lowest BCUT2D eigenvalue weighted by Crippen LogP contribution is -2.00. The molecule has 1 unspecified atom stereocenters. The molecule has 0 fully saturated rings. The van der Waals surface area contributed by atoms with Crippen molar-refractivity contribution in [1.29, 1.82) is 0 Å². The van der Waals surface area contributed by atoms with Gasteiger partial charge in [-0.2, -0.15) is 5.10 Å². The van der Waals surface area contributed by atoms with Gasteiger partial charge in [0.15, 0.2) is 0 Å². The van der Waals surface area contributed by atoms with Crippen LogP contribution in [-0.4, -0.2) is 15.3 Å². The average molecular weight is 264 g/mol. The first-order chi connectivity index (χ1) is 9.75. The number of benzene rings is 2. The van der Waals surface area contributed by atoms with E-state index in [0.29, 0.717) is 0 Å². The SMILES string of the molecule is Cc1ccc(C(O)c2cn[nH]c2-c2ccccc2)cc1. The van der Waals surface area contributed by atoms with Crippen LogP contribution in [0, 0.1) is 6.92 Å². The second-order valence-electron chi connectivity index (χ2n) is 4.88. The van der Waals surface area contributed by atoms with Crippen LogP contribution in [0.3, 0.4) is 0 Å². The fourth-order valence-corrected chi connectivity index (χ4v) is 2.27. The Morgan fingerprint density at radius 3 is 2.40 bits per heavy atom. The summed E-state index contributed by atoms with van der Waals surface area (Å²) in [5.74, 6) is 0. The topological polar surface area (TPSA) is 48.9 Å². The Morgan fingerprint density at radius 1 is 1.00 bits per heavy atom. The Balaban J connectivity index is 1.99. The van der Waals surface area contributed by atoms with Crippen molar-refractivity contribution < 1.29 is 5.11 Å². The number of H-pyrrole nitrogens is 1. The molecule has 0 spiro atoms. The Hall–Kier alpha value is -2.39.